The second kappa shape index (κ2) is 7.13. The molecule has 0 saturated carbocycles. The molecule has 3 nitrogen and oxygen atoms in total. The molecule has 2 atom stereocenters. The van der Waals surface area contributed by atoms with Gasteiger partial charge in [0.05, 0.1) is 11.7 Å². The lowest BCUT2D eigenvalue weighted by Gasteiger charge is -2.20. The van der Waals surface area contributed by atoms with Crippen molar-refractivity contribution >= 4 is 0 Å². The lowest BCUT2D eigenvalue weighted by molar-refractivity contribution is -0.138. The van der Waals surface area contributed by atoms with E-state index >= 15 is 0 Å². The fraction of sp³-hybridized carbons (Fsp3) is 0.600. The Morgan fingerprint density at radius 1 is 1.38 bits per heavy atom. The van der Waals surface area contributed by atoms with Gasteiger partial charge < -0.3 is 14.8 Å². The van der Waals surface area contributed by atoms with E-state index in [2.05, 4.69) is 5.32 Å². The predicted molar refractivity (Wildman–Crippen MR) is 73.4 cm³/mol. The Bertz CT molecular complexity index is 445. The lowest BCUT2D eigenvalue weighted by Crippen LogP contribution is -2.39. The van der Waals surface area contributed by atoms with Crippen molar-refractivity contribution in [3.63, 3.8) is 0 Å². The van der Waals surface area contributed by atoms with E-state index in [0.29, 0.717) is 6.54 Å². The molecule has 1 aromatic rings. The highest BCUT2D eigenvalue weighted by atomic mass is 19.4. The zero-order valence-corrected chi connectivity index (χ0v) is 12.0. The van der Waals surface area contributed by atoms with Crippen LogP contribution in [0.15, 0.2) is 24.3 Å². The molecule has 118 valence electrons. The summed E-state index contributed by atoms with van der Waals surface area (Å²) in [6.07, 6.45) is -2.12. The van der Waals surface area contributed by atoms with Gasteiger partial charge in [0.25, 0.3) is 0 Å². The maximum absolute atomic E-state index is 12.8. The van der Waals surface area contributed by atoms with E-state index in [4.69, 9.17) is 9.47 Å². The Balaban J connectivity index is 1.78. The number of benzene rings is 1. The largest absolute Gasteiger partial charge is 0.492 e. The number of para-hydroxylation sites is 1. The minimum absolute atomic E-state index is 0.128. The van der Waals surface area contributed by atoms with Crippen molar-refractivity contribution in [3.05, 3.63) is 29.8 Å². The van der Waals surface area contributed by atoms with Crippen LogP contribution >= 0.6 is 0 Å². The zero-order chi connectivity index (χ0) is 15.3. The van der Waals surface area contributed by atoms with Gasteiger partial charge in [-0.3, -0.25) is 0 Å². The van der Waals surface area contributed by atoms with Crippen LogP contribution in [0.2, 0.25) is 0 Å². The van der Waals surface area contributed by atoms with Crippen LogP contribution in [0, 0.1) is 0 Å². The first-order valence-corrected chi connectivity index (χ1v) is 7.12. The van der Waals surface area contributed by atoms with E-state index in [-0.39, 0.29) is 24.5 Å². The first kappa shape index (κ1) is 16.1. The van der Waals surface area contributed by atoms with Crippen molar-refractivity contribution in [3.8, 4) is 5.75 Å². The third kappa shape index (κ3) is 4.61. The highest BCUT2D eigenvalue weighted by Crippen LogP contribution is 2.35. The summed E-state index contributed by atoms with van der Waals surface area (Å²) in [5.41, 5.74) is -0.739. The summed E-state index contributed by atoms with van der Waals surface area (Å²) < 4.78 is 49.1. The number of hydrogen-bond acceptors (Lipinski definition) is 3. The smallest absolute Gasteiger partial charge is 0.419 e. The summed E-state index contributed by atoms with van der Waals surface area (Å²) in [6, 6.07) is 5.43. The first-order valence-electron chi connectivity index (χ1n) is 7.12. The number of rotatable bonds is 6. The van der Waals surface area contributed by atoms with Crippen molar-refractivity contribution in [2.45, 2.75) is 38.1 Å². The Morgan fingerprint density at radius 2 is 2.14 bits per heavy atom. The molecule has 1 N–H and O–H groups in total. The zero-order valence-electron chi connectivity index (χ0n) is 12.0. The van der Waals surface area contributed by atoms with Crippen LogP contribution in [0.5, 0.6) is 5.75 Å². The average Bonchev–Trinajstić information content (AvgIpc) is 2.97. The van der Waals surface area contributed by atoms with E-state index in [1.807, 2.05) is 6.92 Å². The van der Waals surface area contributed by atoms with Gasteiger partial charge in [-0.05, 0) is 31.9 Å². The first-order chi connectivity index (χ1) is 9.98. The molecular weight excluding hydrogens is 283 g/mol. The SMILES string of the molecule is CC(NCCOc1ccccc1C(F)(F)F)C1CCCO1. The average molecular weight is 303 g/mol. The minimum atomic E-state index is -4.39. The summed E-state index contributed by atoms with van der Waals surface area (Å²) in [7, 11) is 0. The van der Waals surface area contributed by atoms with Gasteiger partial charge in [-0.1, -0.05) is 12.1 Å². The van der Waals surface area contributed by atoms with E-state index in [0.717, 1.165) is 25.5 Å². The molecule has 0 amide bonds. The monoisotopic (exact) mass is 303 g/mol. The number of hydrogen-bond donors (Lipinski definition) is 1. The fourth-order valence-electron chi connectivity index (χ4n) is 2.40. The summed E-state index contributed by atoms with van der Waals surface area (Å²) in [5, 5.41) is 3.22. The van der Waals surface area contributed by atoms with Crippen molar-refractivity contribution in [2.75, 3.05) is 19.8 Å². The van der Waals surface area contributed by atoms with Gasteiger partial charge in [0, 0.05) is 19.2 Å². The Morgan fingerprint density at radius 3 is 2.81 bits per heavy atom. The molecule has 1 aromatic carbocycles. The molecule has 21 heavy (non-hydrogen) atoms. The van der Waals surface area contributed by atoms with Crippen LogP contribution in [-0.4, -0.2) is 31.9 Å². The Hall–Kier alpha value is -1.27. The van der Waals surface area contributed by atoms with Crippen molar-refractivity contribution < 1.29 is 22.6 Å². The topological polar surface area (TPSA) is 30.5 Å². The molecule has 0 spiro atoms. The van der Waals surface area contributed by atoms with Crippen molar-refractivity contribution in [2.24, 2.45) is 0 Å². The lowest BCUT2D eigenvalue weighted by atomic mass is 10.1. The highest BCUT2D eigenvalue weighted by molar-refractivity contribution is 5.35. The maximum atomic E-state index is 12.8. The molecule has 1 saturated heterocycles. The van der Waals surface area contributed by atoms with E-state index in [9.17, 15) is 13.2 Å². The maximum Gasteiger partial charge on any atom is 0.419 e. The molecule has 1 aliphatic heterocycles. The van der Waals surface area contributed by atoms with Crippen LogP contribution in [-0.2, 0) is 10.9 Å². The van der Waals surface area contributed by atoms with E-state index in [1.165, 1.54) is 18.2 Å². The molecule has 0 bridgehead atoms. The van der Waals surface area contributed by atoms with Gasteiger partial charge in [-0.2, -0.15) is 13.2 Å². The van der Waals surface area contributed by atoms with Crippen LogP contribution < -0.4 is 10.1 Å². The second-order valence-electron chi connectivity index (χ2n) is 5.14. The number of ether oxygens (including phenoxy) is 2. The van der Waals surface area contributed by atoms with Crippen molar-refractivity contribution in [1.29, 1.82) is 0 Å². The molecule has 2 rings (SSSR count). The summed E-state index contributed by atoms with van der Waals surface area (Å²) in [5.74, 6) is -0.128. The third-order valence-corrected chi connectivity index (χ3v) is 3.54. The number of nitrogens with one attached hydrogen (secondary N) is 1. The van der Waals surface area contributed by atoms with Gasteiger partial charge in [-0.15, -0.1) is 0 Å². The van der Waals surface area contributed by atoms with Gasteiger partial charge in [-0.25, -0.2) is 0 Å². The standard InChI is InChI=1S/C15H20F3NO2/c1-11(13-7-4-9-20-13)19-8-10-21-14-6-3-2-5-12(14)15(16,17)18/h2-3,5-6,11,13,19H,4,7-10H2,1H3. The summed E-state index contributed by atoms with van der Waals surface area (Å²) >= 11 is 0. The van der Waals surface area contributed by atoms with Gasteiger partial charge in [0.15, 0.2) is 0 Å². The van der Waals surface area contributed by atoms with E-state index in [1.54, 1.807) is 0 Å². The van der Waals surface area contributed by atoms with E-state index < -0.39 is 11.7 Å². The molecule has 0 aromatic heterocycles. The molecule has 1 fully saturated rings. The molecule has 1 aliphatic rings. The predicted octanol–water partition coefficient (Wildman–Crippen LogP) is 3.24. The van der Waals surface area contributed by atoms with Gasteiger partial charge >= 0.3 is 6.18 Å². The minimum Gasteiger partial charge on any atom is -0.492 e. The van der Waals surface area contributed by atoms with Crippen LogP contribution in [0.3, 0.4) is 0 Å². The fourth-order valence-corrected chi connectivity index (χ4v) is 2.40. The number of halogens is 3. The summed E-state index contributed by atoms with van der Waals surface area (Å²) in [4.78, 5) is 0. The molecule has 6 heteroatoms. The molecule has 1 heterocycles. The third-order valence-electron chi connectivity index (χ3n) is 3.54. The van der Waals surface area contributed by atoms with Gasteiger partial charge in [0.1, 0.15) is 12.4 Å². The van der Waals surface area contributed by atoms with Gasteiger partial charge in [0.2, 0.25) is 0 Å². The van der Waals surface area contributed by atoms with Crippen LogP contribution in [0.4, 0.5) is 13.2 Å². The second-order valence-corrected chi connectivity index (χ2v) is 5.14. The molecular formula is C15H20F3NO2. The Kier molecular flexibility index (Phi) is 5.47. The van der Waals surface area contributed by atoms with Crippen LogP contribution in [0.25, 0.3) is 0 Å². The molecule has 2 unspecified atom stereocenters. The molecule has 0 aliphatic carbocycles. The number of alkyl halides is 3. The van der Waals surface area contributed by atoms with Crippen LogP contribution in [0.1, 0.15) is 25.3 Å². The molecule has 0 radical (unpaired) electrons. The summed E-state index contributed by atoms with van der Waals surface area (Å²) in [6.45, 7) is 3.46. The quantitative estimate of drug-likeness (QED) is 0.818. The highest BCUT2D eigenvalue weighted by Gasteiger charge is 2.34. The normalized spacial score (nSPS) is 20.5. The Labute approximate surface area is 122 Å². The van der Waals surface area contributed by atoms with Crippen molar-refractivity contribution in [1.82, 2.24) is 5.32 Å².